The van der Waals surface area contributed by atoms with E-state index >= 15 is 0 Å². The van der Waals surface area contributed by atoms with Gasteiger partial charge in [-0.25, -0.2) is 0 Å². The molecule has 0 heterocycles. The molecule has 0 nitrogen and oxygen atoms in total. The fourth-order valence-corrected chi connectivity index (χ4v) is 17.5. The van der Waals surface area contributed by atoms with Gasteiger partial charge in [0.05, 0.1) is 0 Å². The van der Waals surface area contributed by atoms with E-state index in [1.165, 1.54) is 501 Å². The highest BCUT2D eigenvalue weighted by atomic mass is 31.1. The number of unbranched alkanes of at least 4 members (excludes halogenated alkanes) is 78. The molecule has 1 heteroatoms. The van der Waals surface area contributed by atoms with Crippen molar-refractivity contribution in [2.45, 2.75) is 541 Å². The van der Waals surface area contributed by atoms with Crippen LogP contribution < -0.4 is 0 Å². The molecule has 0 saturated carbocycles. The monoisotopic (exact) mass is 1250 g/mol. The van der Waals surface area contributed by atoms with Crippen LogP contribution in [0.15, 0.2) is 0 Å². The summed E-state index contributed by atoms with van der Waals surface area (Å²) in [5.41, 5.74) is 0. The molecule has 0 amide bonds. The summed E-state index contributed by atoms with van der Waals surface area (Å²) in [6.45, 7) is 6.97. The van der Waals surface area contributed by atoms with Crippen LogP contribution in [0.3, 0.4) is 0 Å². The molecule has 0 rings (SSSR count). The van der Waals surface area contributed by atoms with Gasteiger partial charge in [0.15, 0.2) is 0 Å². The summed E-state index contributed by atoms with van der Waals surface area (Å²) in [7, 11) is 0.290. The highest BCUT2D eigenvalue weighted by Gasteiger charge is 2.09. The minimum atomic E-state index is 0.290. The van der Waals surface area contributed by atoms with Crippen LogP contribution in [0.4, 0.5) is 0 Å². The van der Waals surface area contributed by atoms with Gasteiger partial charge in [0.2, 0.25) is 0 Å². The fraction of sp³-hybridized carbons (Fsp3) is 1.00. The molecule has 0 aromatic rings. The van der Waals surface area contributed by atoms with Crippen molar-refractivity contribution in [3.63, 3.8) is 0 Å². The van der Waals surface area contributed by atoms with Crippen molar-refractivity contribution < 1.29 is 0 Å². The average Bonchev–Trinajstić information content (AvgIpc) is 3.54. The zero-order valence-electron chi connectivity index (χ0n) is 62.8. The van der Waals surface area contributed by atoms with Gasteiger partial charge in [-0.1, -0.05) is 522 Å². The van der Waals surface area contributed by atoms with Gasteiger partial charge in [-0.15, -0.1) is 7.92 Å². The van der Waals surface area contributed by atoms with E-state index in [9.17, 15) is 0 Å². The molecule has 0 fully saturated rings. The van der Waals surface area contributed by atoms with E-state index in [-0.39, 0.29) is 0 Å². The predicted molar refractivity (Wildman–Crippen MR) is 413 cm³/mol. The van der Waals surface area contributed by atoms with Crippen LogP contribution in [0, 0.1) is 0 Å². The topological polar surface area (TPSA) is 0 Å². The van der Waals surface area contributed by atoms with E-state index in [0.29, 0.717) is 7.92 Å². The largest absolute Gasteiger partial charge is 0.107 e. The number of hydrogen-bond donors (Lipinski definition) is 0. The van der Waals surface area contributed by atoms with Crippen LogP contribution in [-0.2, 0) is 0 Å². The Balaban J connectivity index is 4.00. The fourth-order valence-electron chi connectivity index (χ4n) is 14.8. The zero-order chi connectivity index (χ0) is 63.0. The van der Waals surface area contributed by atoms with Crippen LogP contribution >= 0.6 is 7.92 Å². The standard InChI is InChI=1S/C87H177P/c1-4-7-10-13-16-19-22-25-28-31-34-37-40-43-46-49-52-55-58-61-64-67-70-73-76-79-82-85-88(86-83-80-77-74-71-68-65-62-59-56-53-50-47-44-41-38-35-32-29-26-23-20-17-14-11-8-5-2)87-84-81-78-75-72-69-66-63-60-57-54-51-48-45-42-39-36-33-30-27-24-21-18-15-12-9-6-3/h4-87H2,1-3H3. The summed E-state index contributed by atoms with van der Waals surface area (Å²) in [6, 6.07) is 0. The first-order valence-electron chi connectivity index (χ1n) is 43.6. The van der Waals surface area contributed by atoms with Gasteiger partial charge >= 0.3 is 0 Å². The maximum Gasteiger partial charge on any atom is -0.0326 e. The molecule has 0 aliphatic heterocycles. The van der Waals surface area contributed by atoms with Crippen LogP contribution in [0.2, 0.25) is 0 Å². The molecule has 0 aliphatic rings. The molecule has 0 aromatic carbocycles. The Morgan fingerprint density at radius 3 is 0.239 bits per heavy atom. The highest BCUT2D eigenvalue weighted by molar-refractivity contribution is 7.57. The average molecular weight is 1250 g/mol. The lowest BCUT2D eigenvalue weighted by Gasteiger charge is -2.18. The first kappa shape index (κ1) is 88.4. The van der Waals surface area contributed by atoms with E-state index < -0.39 is 0 Å². The van der Waals surface area contributed by atoms with Crippen molar-refractivity contribution >= 4 is 7.92 Å². The second kappa shape index (κ2) is 85.4. The number of hydrogen-bond acceptors (Lipinski definition) is 0. The minimum Gasteiger partial charge on any atom is -0.107 e. The minimum absolute atomic E-state index is 0.290. The molecule has 0 aliphatic carbocycles. The molecule has 0 bridgehead atoms. The van der Waals surface area contributed by atoms with E-state index in [1.807, 2.05) is 0 Å². The molecule has 0 saturated heterocycles. The predicted octanol–water partition coefficient (Wildman–Crippen LogP) is 34.1. The van der Waals surface area contributed by atoms with Gasteiger partial charge in [0.1, 0.15) is 0 Å². The quantitative estimate of drug-likeness (QED) is 0.0421. The van der Waals surface area contributed by atoms with Crippen molar-refractivity contribution in [1.29, 1.82) is 0 Å². The van der Waals surface area contributed by atoms with Crippen molar-refractivity contribution in [3.8, 4) is 0 Å². The summed E-state index contributed by atoms with van der Waals surface area (Å²) >= 11 is 0. The molecular weight excluding hydrogens is 1080 g/mol. The summed E-state index contributed by atoms with van der Waals surface area (Å²) < 4.78 is 0. The summed E-state index contributed by atoms with van der Waals surface area (Å²) in [5.74, 6) is 0. The van der Waals surface area contributed by atoms with Crippen molar-refractivity contribution in [2.24, 2.45) is 0 Å². The Bertz CT molecular complexity index is 991. The molecule has 0 aromatic heterocycles. The molecule has 0 radical (unpaired) electrons. The smallest absolute Gasteiger partial charge is 0.0326 e. The third kappa shape index (κ3) is 82.5. The molecule has 0 N–H and O–H groups in total. The number of rotatable bonds is 84. The lowest BCUT2D eigenvalue weighted by atomic mass is 10.0. The highest BCUT2D eigenvalue weighted by Crippen LogP contribution is 2.40. The van der Waals surface area contributed by atoms with Crippen LogP contribution in [-0.4, -0.2) is 18.5 Å². The van der Waals surface area contributed by atoms with Gasteiger partial charge in [0.25, 0.3) is 0 Å². The Morgan fingerprint density at radius 1 is 0.0909 bits per heavy atom. The normalized spacial score (nSPS) is 11.9. The SMILES string of the molecule is CCCCCCCCCCCCCCCCCCCCCCCCCCCCCP(CCCCCCCCCCCCCCCCCCCCCCCCCCCCC)CCCCCCCCCCCCCCCCCCCCCCCCCCCCC. The molecule has 0 atom stereocenters. The Morgan fingerprint density at radius 2 is 0.159 bits per heavy atom. The first-order chi connectivity index (χ1) is 43.8. The summed E-state index contributed by atoms with van der Waals surface area (Å²) in [6.07, 6.45) is 126. The van der Waals surface area contributed by atoms with Gasteiger partial charge in [-0.3, -0.25) is 0 Å². The Labute approximate surface area is 564 Å². The molecule has 530 valence electrons. The van der Waals surface area contributed by atoms with E-state index in [2.05, 4.69) is 20.8 Å². The molecule has 0 spiro atoms. The Hall–Kier alpha value is 0.430. The van der Waals surface area contributed by atoms with Crippen LogP contribution in [0.25, 0.3) is 0 Å². The third-order valence-electron chi connectivity index (χ3n) is 21.2. The molecule has 0 unspecified atom stereocenters. The van der Waals surface area contributed by atoms with Crippen LogP contribution in [0.5, 0.6) is 0 Å². The third-order valence-corrected chi connectivity index (χ3v) is 24.1. The first-order valence-corrected chi connectivity index (χ1v) is 45.5. The summed E-state index contributed by atoms with van der Waals surface area (Å²) in [5, 5.41) is 0. The lowest BCUT2D eigenvalue weighted by molar-refractivity contribution is 0.515. The maximum atomic E-state index is 2.32. The summed E-state index contributed by atoms with van der Waals surface area (Å²) in [4.78, 5) is 0. The van der Waals surface area contributed by atoms with Crippen LogP contribution in [0.1, 0.15) is 541 Å². The van der Waals surface area contributed by atoms with E-state index in [1.54, 1.807) is 37.7 Å². The maximum absolute atomic E-state index is 2.32. The molecular formula is C87H177P. The molecule has 88 heavy (non-hydrogen) atoms. The van der Waals surface area contributed by atoms with Gasteiger partial charge in [-0.05, 0) is 37.7 Å². The second-order valence-corrected chi connectivity index (χ2v) is 33.1. The van der Waals surface area contributed by atoms with E-state index in [4.69, 9.17) is 0 Å². The van der Waals surface area contributed by atoms with E-state index in [0.717, 1.165) is 0 Å². The van der Waals surface area contributed by atoms with Crippen molar-refractivity contribution in [2.75, 3.05) is 18.5 Å². The Kier molecular flexibility index (Phi) is 85.9. The second-order valence-electron chi connectivity index (χ2n) is 30.4. The van der Waals surface area contributed by atoms with Gasteiger partial charge in [0, 0.05) is 0 Å². The zero-order valence-corrected chi connectivity index (χ0v) is 63.7. The van der Waals surface area contributed by atoms with Crippen molar-refractivity contribution in [3.05, 3.63) is 0 Å². The van der Waals surface area contributed by atoms with Crippen molar-refractivity contribution in [1.82, 2.24) is 0 Å². The lowest BCUT2D eigenvalue weighted by Crippen LogP contribution is -1.97. The van der Waals surface area contributed by atoms with Gasteiger partial charge < -0.3 is 0 Å². The van der Waals surface area contributed by atoms with Gasteiger partial charge in [-0.2, -0.15) is 0 Å².